The van der Waals surface area contributed by atoms with Crippen molar-refractivity contribution in [1.82, 2.24) is 9.88 Å². The van der Waals surface area contributed by atoms with Crippen LogP contribution in [0.4, 0.5) is 5.69 Å². The standard InChI is InChI=1S/C21H24N4O2/c1-25(15-20-4-2-3-11-27-20)14-16-5-7-17(8-6-16)21(26)24-19-10-9-18(12-22)23-13-19/h5-10,13,20H,2-4,11,14-15H2,1H3,(H,24,26). The van der Waals surface area contributed by atoms with E-state index >= 15 is 0 Å². The van der Waals surface area contributed by atoms with Crippen LogP contribution in [0.3, 0.4) is 0 Å². The van der Waals surface area contributed by atoms with Crippen molar-refractivity contribution >= 4 is 11.6 Å². The maximum absolute atomic E-state index is 12.3. The third-order valence-electron chi connectivity index (χ3n) is 4.59. The number of aromatic nitrogens is 1. The number of likely N-dealkylation sites (N-methyl/N-ethyl adjacent to an activating group) is 1. The molecule has 1 amide bonds. The van der Waals surface area contributed by atoms with E-state index in [4.69, 9.17) is 10.00 Å². The van der Waals surface area contributed by atoms with Gasteiger partial charge in [0.1, 0.15) is 11.8 Å². The number of rotatable bonds is 6. The molecular formula is C21H24N4O2. The second-order valence-electron chi connectivity index (χ2n) is 6.88. The SMILES string of the molecule is CN(Cc1ccc(C(=O)Nc2ccc(C#N)nc2)cc1)CC1CCCCO1. The summed E-state index contributed by atoms with van der Waals surface area (Å²) in [4.78, 5) is 18.5. The number of nitrogens with one attached hydrogen (secondary N) is 1. The highest BCUT2D eigenvalue weighted by Gasteiger charge is 2.16. The van der Waals surface area contributed by atoms with E-state index in [1.54, 1.807) is 12.1 Å². The molecule has 0 saturated carbocycles. The monoisotopic (exact) mass is 364 g/mol. The lowest BCUT2D eigenvalue weighted by atomic mass is 10.1. The molecule has 1 saturated heterocycles. The summed E-state index contributed by atoms with van der Waals surface area (Å²) in [5.41, 5.74) is 2.63. The quantitative estimate of drug-likeness (QED) is 0.851. The van der Waals surface area contributed by atoms with Gasteiger partial charge in [-0.15, -0.1) is 0 Å². The van der Waals surface area contributed by atoms with E-state index in [-0.39, 0.29) is 5.91 Å². The first-order chi connectivity index (χ1) is 13.1. The summed E-state index contributed by atoms with van der Waals surface area (Å²) >= 11 is 0. The molecule has 1 aromatic carbocycles. The number of benzene rings is 1. The minimum absolute atomic E-state index is 0.197. The van der Waals surface area contributed by atoms with Crippen molar-refractivity contribution in [2.45, 2.75) is 31.9 Å². The van der Waals surface area contributed by atoms with Crippen LogP contribution in [0.2, 0.25) is 0 Å². The van der Waals surface area contributed by atoms with Crippen LogP contribution in [0, 0.1) is 11.3 Å². The van der Waals surface area contributed by atoms with Gasteiger partial charge in [-0.05, 0) is 56.1 Å². The number of anilines is 1. The van der Waals surface area contributed by atoms with Gasteiger partial charge in [-0.25, -0.2) is 4.98 Å². The van der Waals surface area contributed by atoms with Crippen LogP contribution < -0.4 is 5.32 Å². The topological polar surface area (TPSA) is 78.3 Å². The highest BCUT2D eigenvalue weighted by atomic mass is 16.5. The number of amides is 1. The average molecular weight is 364 g/mol. The lowest BCUT2D eigenvalue weighted by molar-refractivity contribution is -0.00259. The molecule has 3 rings (SSSR count). The molecule has 1 fully saturated rings. The molecule has 2 heterocycles. The first-order valence-electron chi connectivity index (χ1n) is 9.20. The van der Waals surface area contributed by atoms with Crippen molar-refractivity contribution in [2.24, 2.45) is 0 Å². The molecule has 1 atom stereocenters. The number of pyridine rings is 1. The lowest BCUT2D eigenvalue weighted by Crippen LogP contribution is -2.33. The molecule has 2 aromatic rings. The fourth-order valence-electron chi connectivity index (χ4n) is 3.17. The average Bonchev–Trinajstić information content (AvgIpc) is 2.70. The van der Waals surface area contributed by atoms with E-state index in [1.807, 2.05) is 30.3 Å². The first kappa shape index (κ1) is 19.0. The van der Waals surface area contributed by atoms with Crippen LogP contribution in [0.15, 0.2) is 42.6 Å². The van der Waals surface area contributed by atoms with Gasteiger partial charge in [0.25, 0.3) is 5.91 Å². The van der Waals surface area contributed by atoms with E-state index in [2.05, 4.69) is 22.2 Å². The van der Waals surface area contributed by atoms with Crippen molar-refractivity contribution in [3.05, 3.63) is 59.4 Å². The van der Waals surface area contributed by atoms with Gasteiger partial charge in [-0.2, -0.15) is 5.26 Å². The van der Waals surface area contributed by atoms with E-state index in [1.165, 1.54) is 19.0 Å². The molecule has 0 radical (unpaired) electrons. The van der Waals surface area contributed by atoms with Crippen molar-refractivity contribution in [3.8, 4) is 6.07 Å². The number of nitriles is 1. The molecular weight excluding hydrogens is 340 g/mol. The van der Waals surface area contributed by atoms with Crippen LogP contribution in [-0.4, -0.2) is 42.1 Å². The molecule has 1 aliphatic rings. The maximum Gasteiger partial charge on any atom is 0.255 e. The van der Waals surface area contributed by atoms with Crippen LogP contribution in [0.5, 0.6) is 0 Å². The summed E-state index contributed by atoms with van der Waals surface area (Å²) in [5.74, 6) is -0.197. The van der Waals surface area contributed by atoms with Gasteiger partial charge in [-0.1, -0.05) is 12.1 Å². The second-order valence-corrected chi connectivity index (χ2v) is 6.88. The zero-order valence-corrected chi connectivity index (χ0v) is 15.5. The van der Waals surface area contributed by atoms with Gasteiger partial charge in [-0.3, -0.25) is 9.69 Å². The Bertz CT molecular complexity index is 790. The number of ether oxygens (including phenoxy) is 1. The Morgan fingerprint density at radius 3 is 2.74 bits per heavy atom. The van der Waals surface area contributed by atoms with Gasteiger partial charge in [0.15, 0.2) is 0 Å². The summed E-state index contributed by atoms with van der Waals surface area (Å²) in [6, 6.07) is 12.8. The molecule has 6 heteroatoms. The van der Waals surface area contributed by atoms with E-state index in [0.717, 1.165) is 31.7 Å². The summed E-state index contributed by atoms with van der Waals surface area (Å²) in [7, 11) is 2.09. The third kappa shape index (κ3) is 5.61. The number of hydrogen-bond acceptors (Lipinski definition) is 5. The summed E-state index contributed by atoms with van der Waals surface area (Å²) in [6.45, 7) is 2.62. The first-order valence-corrected chi connectivity index (χ1v) is 9.20. The maximum atomic E-state index is 12.3. The Kier molecular flexibility index (Phi) is 6.53. The fourth-order valence-corrected chi connectivity index (χ4v) is 3.17. The molecule has 0 spiro atoms. The fraction of sp³-hybridized carbons (Fsp3) is 0.381. The summed E-state index contributed by atoms with van der Waals surface area (Å²) < 4.78 is 5.79. The number of nitrogens with zero attached hydrogens (tertiary/aromatic N) is 3. The van der Waals surface area contributed by atoms with E-state index < -0.39 is 0 Å². The van der Waals surface area contributed by atoms with Crippen molar-refractivity contribution in [2.75, 3.05) is 25.5 Å². The molecule has 27 heavy (non-hydrogen) atoms. The van der Waals surface area contributed by atoms with Crippen molar-refractivity contribution < 1.29 is 9.53 Å². The van der Waals surface area contributed by atoms with Crippen LogP contribution in [0.25, 0.3) is 0 Å². The zero-order chi connectivity index (χ0) is 19.1. The van der Waals surface area contributed by atoms with Gasteiger partial charge in [0, 0.05) is 25.3 Å². The van der Waals surface area contributed by atoms with Gasteiger partial charge >= 0.3 is 0 Å². The van der Waals surface area contributed by atoms with Crippen LogP contribution in [0.1, 0.15) is 40.9 Å². The third-order valence-corrected chi connectivity index (χ3v) is 4.59. The summed E-state index contributed by atoms with van der Waals surface area (Å²) in [5, 5.41) is 11.5. The van der Waals surface area contributed by atoms with Gasteiger partial charge in [0.05, 0.1) is 18.0 Å². The molecule has 0 aliphatic carbocycles. The Hall–Kier alpha value is -2.75. The highest BCUT2D eigenvalue weighted by molar-refractivity contribution is 6.04. The molecule has 1 aliphatic heterocycles. The molecule has 1 unspecified atom stereocenters. The summed E-state index contributed by atoms with van der Waals surface area (Å²) in [6.07, 6.45) is 5.36. The number of carbonyl (C=O) groups excluding carboxylic acids is 1. The minimum Gasteiger partial charge on any atom is -0.377 e. The Morgan fingerprint density at radius 1 is 1.30 bits per heavy atom. The Morgan fingerprint density at radius 2 is 2.11 bits per heavy atom. The van der Waals surface area contributed by atoms with Crippen LogP contribution in [-0.2, 0) is 11.3 Å². The Labute approximate surface area is 159 Å². The van der Waals surface area contributed by atoms with Crippen molar-refractivity contribution in [3.63, 3.8) is 0 Å². The Balaban J connectivity index is 1.52. The highest BCUT2D eigenvalue weighted by Crippen LogP contribution is 2.15. The molecule has 1 N–H and O–H groups in total. The predicted molar refractivity (Wildman–Crippen MR) is 103 cm³/mol. The second kappa shape index (κ2) is 9.26. The van der Waals surface area contributed by atoms with E-state index in [0.29, 0.717) is 23.0 Å². The molecule has 1 aromatic heterocycles. The van der Waals surface area contributed by atoms with Crippen LogP contribution >= 0.6 is 0 Å². The minimum atomic E-state index is -0.197. The molecule has 0 bridgehead atoms. The molecule has 140 valence electrons. The normalized spacial score (nSPS) is 16.7. The molecule has 6 nitrogen and oxygen atoms in total. The lowest BCUT2D eigenvalue weighted by Gasteiger charge is -2.27. The largest absolute Gasteiger partial charge is 0.377 e. The smallest absolute Gasteiger partial charge is 0.255 e. The van der Waals surface area contributed by atoms with E-state index in [9.17, 15) is 4.79 Å². The van der Waals surface area contributed by atoms with Crippen molar-refractivity contribution in [1.29, 1.82) is 5.26 Å². The number of hydrogen-bond donors (Lipinski definition) is 1. The van der Waals surface area contributed by atoms with Gasteiger partial charge in [0.2, 0.25) is 0 Å². The van der Waals surface area contributed by atoms with Gasteiger partial charge < -0.3 is 10.1 Å². The number of carbonyl (C=O) groups is 1. The predicted octanol–water partition coefficient (Wildman–Crippen LogP) is 3.21. The zero-order valence-electron chi connectivity index (χ0n) is 15.5.